The van der Waals surface area contributed by atoms with Crippen molar-refractivity contribution in [2.45, 2.75) is 65.4 Å². The molecule has 3 nitrogen and oxygen atoms in total. The second-order valence-corrected chi connectivity index (χ2v) is 7.83. The monoisotopic (exact) mass is 289 g/mol. The molecule has 0 fully saturated rings. The van der Waals surface area contributed by atoms with Crippen LogP contribution in [0.25, 0.3) is 0 Å². The number of benzene rings is 1. The van der Waals surface area contributed by atoms with Crippen LogP contribution in [-0.2, 0) is 16.6 Å². The number of rotatable bonds is 0. The van der Waals surface area contributed by atoms with Crippen LogP contribution in [0.3, 0.4) is 0 Å². The molecule has 0 aromatic heterocycles. The summed E-state index contributed by atoms with van der Waals surface area (Å²) >= 11 is 0. The first-order chi connectivity index (χ1) is 9.58. The van der Waals surface area contributed by atoms with Crippen LogP contribution in [0.15, 0.2) is 18.2 Å². The molecule has 0 radical (unpaired) electrons. The zero-order chi connectivity index (χ0) is 15.8. The van der Waals surface area contributed by atoms with Gasteiger partial charge in [-0.3, -0.25) is 4.90 Å². The van der Waals surface area contributed by atoms with Crippen LogP contribution < -0.4 is 4.90 Å². The number of ether oxygens (including phenoxy) is 1. The normalized spacial score (nSPS) is 15.6. The molecule has 21 heavy (non-hydrogen) atoms. The summed E-state index contributed by atoms with van der Waals surface area (Å²) in [5, 5.41) is 0. The van der Waals surface area contributed by atoms with Crippen molar-refractivity contribution in [3.05, 3.63) is 29.3 Å². The van der Waals surface area contributed by atoms with Crippen LogP contribution in [0, 0.1) is 0 Å². The van der Waals surface area contributed by atoms with E-state index in [9.17, 15) is 4.79 Å². The first-order valence-corrected chi connectivity index (χ1v) is 7.72. The zero-order valence-corrected chi connectivity index (χ0v) is 14.1. The minimum atomic E-state index is -0.462. The Hall–Kier alpha value is -1.51. The van der Waals surface area contributed by atoms with Gasteiger partial charge in [0.1, 0.15) is 5.60 Å². The molecule has 1 amide bonds. The number of nitrogens with zero attached hydrogens (tertiary/aromatic N) is 1. The van der Waals surface area contributed by atoms with E-state index < -0.39 is 5.60 Å². The fourth-order valence-electron chi connectivity index (χ4n) is 2.55. The van der Waals surface area contributed by atoms with Crippen molar-refractivity contribution < 1.29 is 9.53 Å². The van der Waals surface area contributed by atoms with Crippen molar-refractivity contribution in [2.75, 3.05) is 11.4 Å². The predicted molar refractivity (Wildman–Crippen MR) is 87.0 cm³/mol. The van der Waals surface area contributed by atoms with Crippen LogP contribution in [0.5, 0.6) is 0 Å². The van der Waals surface area contributed by atoms with Gasteiger partial charge >= 0.3 is 6.09 Å². The van der Waals surface area contributed by atoms with E-state index in [1.807, 2.05) is 20.8 Å². The molecule has 1 aliphatic rings. The van der Waals surface area contributed by atoms with Gasteiger partial charge in [-0.2, -0.15) is 0 Å². The van der Waals surface area contributed by atoms with Gasteiger partial charge in [-0.1, -0.05) is 32.9 Å². The molecule has 1 aromatic rings. The highest BCUT2D eigenvalue weighted by molar-refractivity contribution is 5.89. The van der Waals surface area contributed by atoms with Crippen molar-refractivity contribution in [1.29, 1.82) is 0 Å². The molecular weight excluding hydrogens is 262 g/mol. The Balaban J connectivity index is 2.35. The largest absolute Gasteiger partial charge is 0.443 e. The van der Waals surface area contributed by atoms with E-state index in [2.05, 4.69) is 39.0 Å². The molecule has 1 aromatic carbocycles. The standard InChI is InChI=1S/C18H27NO2/c1-17(2,3)14-10-9-13-8-7-11-19(15(13)12-14)16(20)21-18(4,5)6/h9-10,12H,7-8,11H2,1-6H3. The van der Waals surface area contributed by atoms with Crippen LogP contribution in [0.4, 0.5) is 10.5 Å². The fraction of sp³-hybridized carbons (Fsp3) is 0.611. The highest BCUT2D eigenvalue weighted by Gasteiger charge is 2.28. The van der Waals surface area contributed by atoms with Crippen LogP contribution in [0.2, 0.25) is 0 Å². The van der Waals surface area contributed by atoms with Crippen molar-refractivity contribution in [3.63, 3.8) is 0 Å². The van der Waals surface area contributed by atoms with E-state index >= 15 is 0 Å². The second kappa shape index (κ2) is 5.36. The highest BCUT2D eigenvalue weighted by atomic mass is 16.6. The van der Waals surface area contributed by atoms with E-state index in [1.54, 1.807) is 4.90 Å². The maximum atomic E-state index is 12.4. The number of hydrogen-bond acceptors (Lipinski definition) is 2. The Labute approximate surface area is 128 Å². The van der Waals surface area contributed by atoms with Gasteiger partial charge in [0.2, 0.25) is 0 Å². The molecule has 0 unspecified atom stereocenters. The lowest BCUT2D eigenvalue weighted by molar-refractivity contribution is 0.0578. The van der Waals surface area contributed by atoms with Crippen LogP contribution >= 0.6 is 0 Å². The van der Waals surface area contributed by atoms with E-state index in [4.69, 9.17) is 4.74 Å². The molecule has 1 aliphatic heterocycles. The van der Waals surface area contributed by atoms with E-state index in [0.717, 1.165) is 25.1 Å². The SMILES string of the molecule is CC(C)(C)OC(=O)N1CCCc2ccc(C(C)(C)C)cc21. The lowest BCUT2D eigenvalue weighted by Gasteiger charge is -2.33. The third kappa shape index (κ3) is 3.78. The Morgan fingerprint density at radius 1 is 1.14 bits per heavy atom. The third-order valence-corrected chi connectivity index (χ3v) is 3.68. The summed E-state index contributed by atoms with van der Waals surface area (Å²) in [5.41, 5.74) is 3.11. The maximum absolute atomic E-state index is 12.4. The first-order valence-electron chi connectivity index (χ1n) is 7.72. The molecule has 0 saturated carbocycles. The number of carbonyl (C=O) groups is 1. The van der Waals surface area contributed by atoms with Crippen molar-refractivity contribution in [1.82, 2.24) is 0 Å². The smallest absolute Gasteiger partial charge is 0.414 e. The van der Waals surface area contributed by atoms with Crippen molar-refractivity contribution in [2.24, 2.45) is 0 Å². The fourth-order valence-corrected chi connectivity index (χ4v) is 2.55. The summed E-state index contributed by atoms with van der Waals surface area (Å²) < 4.78 is 5.55. The molecule has 2 rings (SSSR count). The van der Waals surface area contributed by atoms with E-state index in [1.165, 1.54) is 11.1 Å². The molecule has 1 heterocycles. The van der Waals surface area contributed by atoms with Gasteiger partial charge in [0.15, 0.2) is 0 Å². The molecule has 0 spiro atoms. The third-order valence-electron chi connectivity index (χ3n) is 3.68. The number of carbonyl (C=O) groups excluding carboxylic acids is 1. The lowest BCUT2D eigenvalue weighted by Crippen LogP contribution is -2.40. The molecule has 0 bridgehead atoms. The summed E-state index contributed by atoms with van der Waals surface area (Å²) in [4.78, 5) is 14.2. The molecule has 0 atom stereocenters. The lowest BCUT2D eigenvalue weighted by atomic mass is 9.85. The number of aryl methyl sites for hydroxylation is 1. The minimum Gasteiger partial charge on any atom is -0.443 e. The number of amides is 1. The summed E-state index contributed by atoms with van der Waals surface area (Å²) in [6.07, 6.45) is 1.77. The summed E-state index contributed by atoms with van der Waals surface area (Å²) in [5.74, 6) is 0. The van der Waals surface area contributed by atoms with Crippen molar-refractivity contribution >= 4 is 11.8 Å². The van der Waals surface area contributed by atoms with Gasteiger partial charge < -0.3 is 4.74 Å². The Bertz CT molecular complexity index is 535. The molecule has 0 aliphatic carbocycles. The van der Waals surface area contributed by atoms with Gasteiger partial charge in [-0.05, 0) is 56.2 Å². The van der Waals surface area contributed by atoms with Gasteiger partial charge in [0.05, 0.1) is 5.69 Å². The molecule has 116 valence electrons. The van der Waals surface area contributed by atoms with Gasteiger partial charge in [0, 0.05) is 6.54 Å². The zero-order valence-electron chi connectivity index (χ0n) is 14.1. The van der Waals surface area contributed by atoms with Gasteiger partial charge in [-0.15, -0.1) is 0 Å². The van der Waals surface area contributed by atoms with Crippen LogP contribution in [0.1, 0.15) is 59.1 Å². The number of hydrogen-bond donors (Lipinski definition) is 0. The van der Waals surface area contributed by atoms with E-state index in [-0.39, 0.29) is 11.5 Å². The van der Waals surface area contributed by atoms with Crippen LogP contribution in [-0.4, -0.2) is 18.2 Å². The minimum absolute atomic E-state index is 0.0755. The van der Waals surface area contributed by atoms with Gasteiger partial charge in [-0.25, -0.2) is 4.79 Å². The molecule has 3 heteroatoms. The summed E-state index contributed by atoms with van der Waals surface area (Å²) in [6, 6.07) is 6.49. The second-order valence-electron chi connectivity index (χ2n) is 7.83. The average Bonchev–Trinajstić information content (AvgIpc) is 2.34. The van der Waals surface area contributed by atoms with Crippen molar-refractivity contribution in [3.8, 4) is 0 Å². The predicted octanol–water partition coefficient (Wildman–Crippen LogP) is 4.67. The number of fused-ring (bicyclic) bond motifs is 1. The van der Waals surface area contributed by atoms with E-state index in [0.29, 0.717) is 0 Å². The molecule has 0 saturated heterocycles. The quantitative estimate of drug-likeness (QED) is 0.694. The topological polar surface area (TPSA) is 29.5 Å². The molecule has 0 N–H and O–H groups in total. The Morgan fingerprint density at radius 3 is 2.38 bits per heavy atom. The number of anilines is 1. The Kier molecular flexibility index (Phi) is 4.05. The molecular formula is C18H27NO2. The summed E-state index contributed by atoms with van der Waals surface area (Å²) in [6.45, 7) is 13.0. The Morgan fingerprint density at radius 2 is 1.81 bits per heavy atom. The first kappa shape index (κ1) is 15.9. The highest BCUT2D eigenvalue weighted by Crippen LogP contribution is 2.33. The summed E-state index contributed by atoms with van der Waals surface area (Å²) in [7, 11) is 0. The maximum Gasteiger partial charge on any atom is 0.414 e. The van der Waals surface area contributed by atoms with Gasteiger partial charge in [0.25, 0.3) is 0 Å². The average molecular weight is 289 g/mol.